The normalized spacial score (nSPS) is 11.1. The van der Waals surface area contributed by atoms with Gasteiger partial charge in [-0.05, 0) is 42.0 Å². The molecule has 2 aromatic carbocycles. The number of benzene rings is 2. The molecule has 27 heavy (non-hydrogen) atoms. The molecule has 0 saturated heterocycles. The van der Waals surface area contributed by atoms with E-state index in [2.05, 4.69) is 10.0 Å². The number of nitrogens with one attached hydrogen (secondary N) is 2. The molecule has 2 rings (SSSR count). The number of methoxy groups -OCH3 is 1. The van der Waals surface area contributed by atoms with Gasteiger partial charge in [-0.15, -0.1) is 0 Å². The molecule has 0 unspecified atom stereocenters. The molecule has 0 atom stereocenters. The number of carbonyl (C=O) groups is 1. The van der Waals surface area contributed by atoms with E-state index in [1.54, 1.807) is 12.1 Å². The number of hydrogen-bond donors (Lipinski definition) is 2. The van der Waals surface area contributed by atoms with E-state index in [9.17, 15) is 13.2 Å². The molecule has 1 amide bonds. The summed E-state index contributed by atoms with van der Waals surface area (Å²) in [5.41, 5.74) is 2.06. The maximum atomic E-state index is 12.2. The largest absolute Gasteiger partial charge is 0.497 e. The van der Waals surface area contributed by atoms with Gasteiger partial charge in [0.1, 0.15) is 5.75 Å². The van der Waals surface area contributed by atoms with Crippen LogP contribution in [0.3, 0.4) is 0 Å². The molecular weight excluding hydrogens is 366 g/mol. The predicted octanol–water partition coefficient (Wildman–Crippen LogP) is 1.75. The fourth-order valence-electron chi connectivity index (χ4n) is 2.34. The van der Waals surface area contributed by atoms with Gasteiger partial charge >= 0.3 is 0 Å². The lowest BCUT2D eigenvalue weighted by molar-refractivity contribution is -0.121. The summed E-state index contributed by atoms with van der Waals surface area (Å²) in [6.45, 7) is 0.428. The Bertz CT molecular complexity index is 848. The van der Waals surface area contributed by atoms with Crippen LogP contribution in [-0.2, 0) is 21.4 Å². The van der Waals surface area contributed by atoms with Gasteiger partial charge in [0.2, 0.25) is 15.9 Å². The third kappa shape index (κ3) is 6.26. The van der Waals surface area contributed by atoms with Crippen molar-refractivity contribution in [3.05, 3.63) is 54.1 Å². The van der Waals surface area contributed by atoms with Gasteiger partial charge in [0, 0.05) is 39.3 Å². The lowest BCUT2D eigenvalue weighted by Gasteiger charge is -2.13. The second-order valence-electron chi connectivity index (χ2n) is 6.16. The van der Waals surface area contributed by atoms with Gasteiger partial charge in [-0.2, -0.15) is 0 Å². The molecule has 0 saturated carbocycles. The summed E-state index contributed by atoms with van der Waals surface area (Å²) in [6.07, 6.45) is 0.0607. The molecular formula is C19H25N3O4S. The number of carbonyl (C=O) groups excluding carboxylic acids is 1. The van der Waals surface area contributed by atoms with Gasteiger partial charge in [0.05, 0.1) is 12.0 Å². The Morgan fingerprint density at radius 3 is 2.22 bits per heavy atom. The number of amides is 1. The Morgan fingerprint density at radius 2 is 1.67 bits per heavy atom. The van der Waals surface area contributed by atoms with Crippen LogP contribution in [0.5, 0.6) is 5.75 Å². The Labute approximate surface area is 160 Å². The highest BCUT2D eigenvalue weighted by Crippen LogP contribution is 2.15. The number of ether oxygens (including phenoxy) is 1. The van der Waals surface area contributed by atoms with E-state index in [-0.39, 0.29) is 23.8 Å². The fraction of sp³-hybridized carbons (Fsp3) is 0.316. The van der Waals surface area contributed by atoms with Gasteiger partial charge in [-0.1, -0.05) is 12.1 Å². The van der Waals surface area contributed by atoms with Crippen LogP contribution in [0, 0.1) is 0 Å². The molecule has 2 aromatic rings. The van der Waals surface area contributed by atoms with Gasteiger partial charge < -0.3 is 15.0 Å². The minimum atomic E-state index is -3.65. The van der Waals surface area contributed by atoms with Gasteiger partial charge in [-0.25, -0.2) is 13.1 Å². The molecule has 0 bridgehead atoms. The average Bonchev–Trinajstić information content (AvgIpc) is 2.66. The second-order valence-corrected chi connectivity index (χ2v) is 7.93. The summed E-state index contributed by atoms with van der Waals surface area (Å²) in [5, 5.41) is 2.78. The molecule has 0 heterocycles. The molecule has 0 aliphatic carbocycles. The standard InChI is InChI=1S/C19H25N3O4S/c1-22(2)16-6-4-15(5-7-16)14-20-19(23)12-13-21-27(24,25)18-10-8-17(26-3)9-11-18/h4-11,21H,12-14H2,1-3H3,(H,20,23). The highest BCUT2D eigenvalue weighted by Gasteiger charge is 2.14. The van der Waals surface area contributed by atoms with Crippen molar-refractivity contribution in [3.8, 4) is 5.75 Å². The van der Waals surface area contributed by atoms with Gasteiger partial charge in [0.15, 0.2) is 0 Å². The zero-order valence-corrected chi connectivity index (χ0v) is 16.5. The van der Waals surface area contributed by atoms with Crippen molar-refractivity contribution in [1.29, 1.82) is 0 Å². The van der Waals surface area contributed by atoms with E-state index in [1.165, 1.54) is 19.2 Å². The van der Waals surface area contributed by atoms with Gasteiger partial charge in [-0.3, -0.25) is 4.79 Å². The molecule has 0 radical (unpaired) electrons. The van der Waals surface area contributed by atoms with Crippen molar-refractivity contribution in [2.75, 3.05) is 32.6 Å². The van der Waals surface area contributed by atoms with Crippen molar-refractivity contribution in [2.45, 2.75) is 17.9 Å². The molecule has 0 aliphatic rings. The summed E-state index contributed by atoms with van der Waals surface area (Å²) in [7, 11) is 1.78. The van der Waals surface area contributed by atoms with Crippen LogP contribution in [0.1, 0.15) is 12.0 Å². The minimum absolute atomic E-state index is 0.0275. The van der Waals surface area contributed by atoms with Crippen LogP contribution in [0.2, 0.25) is 0 Å². The third-order valence-electron chi connectivity index (χ3n) is 3.96. The first-order valence-corrected chi connectivity index (χ1v) is 9.97. The predicted molar refractivity (Wildman–Crippen MR) is 105 cm³/mol. The Kier molecular flexibility index (Phi) is 7.20. The summed E-state index contributed by atoms with van der Waals surface area (Å²) in [5.74, 6) is 0.357. The maximum Gasteiger partial charge on any atom is 0.240 e. The van der Waals surface area contributed by atoms with Crippen LogP contribution < -0.4 is 19.7 Å². The lowest BCUT2D eigenvalue weighted by atomic mass is 10.2. The highest BCUT2D eigenvalue weighted by atomic mass is 32.2. The van der Waals surface area contributed by atoms with Crippen molar-refractivity contribution in [1.82, 2.24) is 10.0 Å². The highest BCUT2D eigenvalue weighted by molar-refractivity contribution is 7.89. The van der Waals surface area contributed by atoms with Crippen LogP contribution in [0.15, 0.2) is 53.4 Å². The van der Waals surface area contributed by atoms with Crippen molar-refractivity contribution < 1.29 is 17.9 Å². The van der Waals surface area contributed by atoms with Crippen molar-refractivity contribution >= 4 is 21.6 Å². The molecule has 0 aromatic heterocycles. The zero-order chi connectivity index (χ0) is 19.9. The number of sulfonamides is 1. The molecule has 146 valence electrons. The molecule has 0 fully saturated rings. The van der Waals surface area contributed by atoms with E-state index >= 15 is 0 Å². The number of nitrogens with zero attached hydrogens (tertiary/aromatic N) is 1. The van der Waals surface area contributed by atoms with E-state index in [4.69, 9.17) is 4.74 Å². The molecule has 0 spiro atoms. The Morgan fingerprint density at radius 1 is 1.04 bits per heavy atom. The Balaban J connectivity index is 1.77. The third-order valence-corrected chi connectivity index (χ3v) is 5.43. The van der Waals surface area contributed by atoms with Crippen LogP contribution in [0.4, 0.5) is 5.69 Å². The molecule has 2 N–H and O–H groups in total. The van der Waals surface area contributed by atoms with Crippen LogP contribution >= 0.6 is 0 Å². The van der Waals surface area contributed by atoms with Crippen molar-refractivity contribution in [3.63, 3.8) is 0 Å². The first-order chi connectivity index (χ1) is 12.8. The van der Waals surface area contributed by atoms with E-state index in [0.29, 0.717) is 12.3 Å². The number of hydrogen-bond acceptors (Lipinski definition) is 5. The quantitative estimate of drug-likeness (QED) is 0.680. The fourth-order valence-corrected chi connectivity index (χ4v) is 3.37. The summed E-state index contributed by atoms with van der Waals surface area (Å²) >= 11 is 0. The average molecular weight is 391 g/mol. The van der Waals surface area contributed by atoms with Crippen LogP contribution in [0.25, 0.3) is 0 Å². The van der Waals surface area contributed by atoms with E-state index < -0.39 is 10.0 Å². The monoisotopic (exact) mass is 391 g/mol. The molecule has 8 heteroatoms. The minimum Gasteiger partial charge on any atom is -0.497 e. The SMILES string of the molecule is COc1ccc(S(=O)(=O)NCCC(=O)NCc2ccc(N(C)C)cc2)cc1. The summed E-state index contributed by atoms with van der Waals surface area (Å²) in [4.78, 5) is 14.1. The topological polar surface area (TPSA) is 87.7 Å². The summed E-state index contributed by atoms with van der Waals surface area (Å²) in [6, 6.07) is 13.9. The molecule has 7 nitrogen and oxygen atoms in total. The number of rotatable bonds is 9. The maximum absolute atomic E-state index is 12.2. The first kappa shape index (κ1) is 20.7. The first-order valence-electron chi connectivity index (χ1n) is 8.48. The Hall–Kier alpha value is -2.58. The van der Waals surface area contributed by atoms with E-state index in [0.717, 1.165) is 11.3 Å². The summed E-state index contributed by atoms with van der Waals surface area (Å²) < 4.78 is 31.8. The molecule has 0 aliphatic heterocycles. The zero-order valence-electron chi connectivity index (χ0n) is 15.7. The second kappa shape index (κ2) is 9.38. The number of anilines is 1. The van der Waals surface area contributed by atoms with Crippen molar-refractivity contribution in [2.24, 2.45) is 0 Å². The van der Waals surface area contributed by atoms with Gasteiger partial charge in [0.25, 0.3) is 0 Å². The van der Waals surface area contributed by atoms with Crippen LogP contribution in [-0.4, -0.2) is 42.1 Å². The van der Waals surface area contributed by atoms with E-state index in [1.807, 2.05) is 43.3 Å². The lowest BCUT2D eigenvalue weighted by Crippen LogP contribution is -2.30. The smallest absolute Gasteiger partial charge is 0.240 e.